The van der Waals surface area contributed by atoms with Crippen molar-refractivity contribution in [3.05, 3.63) is 63.1 Å². The number of carbonyl (C=O) groups excluding carboxylic acids is 2. The van der Waals surface area contributed by atoms with Crippen LogP contribution in [0.4, 0.5) is 0 Å². The highest BCUT2D eigenvalue weighted by Gasteiger charge is 2.29. The fraction of sp³-hybridized carbons (Fsp3) is 0.417. The third kappa shape index (κ3) is 7.15. The summed E-state index contributed by atoms with van der Waals surface area (Å²) >= 11 is 12.3. The van der Waals surface area contributed by atoms with Gasteiger partial charge in [-0.25, -0.2) is 0 Å². The molecule has 2 rings (SSSR count). The van der Waals surface area contributed by atoms with Crippen molar-refractivity contribution in [2.75, 3.05) is 6.61 Å². The summed E-state index contributed by atoms with van der Waals surface area (Å²) in [6.45, 7) is 11.3. The number of hydrogen-bond acceptors (Lipinski definition) is 3. The van der Waals surface area contributed by atoms with E-state index >= 15 is 0 Å². The summed E-state index contributed by atoms with van der Waals surface area (Å²) in [7, 11) is 0. The molecule has 5 nitrogen and oxygen atoms in total. The molecule has 2 amide bonds. The molecular weight excluding hydrogens is 435 g/mol. The molecule has 0 radical (unpaired) electrons. The van der Waals surface area contributed by atoms with E-state index in [1.165, 1.54) is 4.90 Å². The third-order valence-corrected chi connectivity index (χ3v) is 5.51. The lowest BCUT2D eigenvalue weighted by molar-refractivity contribution is -0.142. The zero-order chi connectivity index (χ0) is 23.3. The summed E-state index contributed by atoms with van der Waals surface area (Å²) in [4.78, 5) is 27.4. The number of nitrogens with one attached hydrogen (secondary N) is 1. The maximum Gasteiger partial charge on any atom is 0.261 e. The second-order valence-electron chi connectivity index (χ2n) is 8.66. The standard InChI is InChI=1S/C24H30Cl2N2O3/c1-15-8-7-9-21(16(15)2)31-14-22(29)28(17(3)23(30)27-24(4,5)6)13-18-10-11-19(25)12-20(18)26/h7-12,17H,13-14H2,1-6H3,(H,27,30). The Hall–Kier alpha value is -2.24. The minimum absolute atomic E-state index is 0.156. The second kappa shape index (κ2) is 10.4. The van der Waals surface area contributed by atoms with Gasteiger partial charge in [-0.2, -0.15) is 0 Å². The Morgan fingerprint density at radius 2 is 1.81 bits per heavy atom. The fourth-order valence-corrected chi connectivity index (χ4v) is 3.46. The number of halogens is 2. The van der Waals surface area contributed by atoms with Gasteiger partial charge in [0.05, 0.1) is 0 Å². The van der Waals surface area contributed by atoms with Gasteiger partial charge in [-0.3, -0.25) is 9.59 Å². The van der Waals surface area contributed by atoms with E-state index in [1.54, 1.807) is 25.1 Å². The van der Waals surface area contributed by atoms with E-state index in [4.69, 9.17) is 27.9 Å². The molecular formula is C24H30Cl2N2O3. The predicted molar refractivity (Wildman–Crippen MR) is 126 cm³/mol. The number of nitrogens with zero attached hydrogens (tertiary/aromatic N) is 1. The molecule has 2 aromatic rings. The molecule has 0 aliphatic rings. The van der Waals surface area contributed by atoms with Crippen LogP contribution in [0.1, 0.15) is 44.4 Å². The Kier molecular flexibility index (Phi) is 8.38. The van der Waals surface area contributed by atoms with Gasteiger partial charge in [0.1, 0.15) is 11.8 Å². The Labute approximate surface area is 194 Å². The molecule has 0 fully saturated rings. The highest BCUT2D eigenvalue weighted by molar-refractivity contribution is 6.35. The maximum absolute atomic E-state index is 13.2. The molecule has 0 aromatic heterocycles. The van der Waals surface area contributed by atoms with Gasteiger partial charge in [0, 0.05) is 22.1 Å². The van der Waals surface area contributed by atoms with E-state index in [0.717, 1.165) is 11.1 Å². The van der Waals surface area contributed by atoms with Gasteiger partial charge in [-0.1, -0.05) is 41.4 Å². The summed E-state index contributed by atoms with van der Waals surface area (Å²) in [5.74, 6) is 0.0748. The molecule has 1 atom stereocenters. The smallest absolute Gasteiger partial charge is 0.261 e. The molecule has 0 spiro atoms. The molecule has 0 bridgehead atoms. The number of aryl methyl sites for hydroxylation is 1. The van der Waals surface area contributed by atoms with Gasteiger partial charge in [-0.05, 0) is 76.4 Å². The van der Waals surface area contributed by atoms with E-state index in [-0.39, 0.29) is 25.0 Å². The van der Waals surface area contributed by atoms with Crippen molar-refractivity contribution in [2.45, 2.75) is 59.7 Å². The van der Waals surface area contributed by atoms with Crippen molar-refractivity contribution in [1.82, 2.24) is 10.2 Å². The van der Waals surface area contributed by atoms with Gasteiger partial charge in [-0.15, -0.1) is 0 Å². The summed E-state index contributed by atoms with van der Waals surface area (Å²) < 4.78 is 5.80. The van der Waals surface area contributed by atoms with Gasteiger partial charge >= 0.3 is 0 Å². The molecule has 31 heavy (non-hydrogen) atoms. The monoisotopic (exact) mass is 464 g/mol. The van der Waals surface area contributed by atoms with Crippen LogP contribution in [-0.2, 0) is 16.1 Å². The molecule has 0 saturated heterocycles. The highest BCUT2D eigenvalue weighted by atomic mass is 35.5. The minimum Gasteiger partial charge on any atom is -0.483 e. The summed E-state index contributed by atoms with van der Waals surface area (Å²) in [5, 5.41) is 3.86. The molecule has 1 N–H and O–H groups in total. The van der Waals surface area contributed by atoms with Crippen molar-refractivity contribution in [2.24, 2.45) is 0 Å². The van der Waals surface area contributed by atoms with E-state index in [1.807, 2.05) is 52.8 Å². The Morgan fingerprint density at radius 1 is 1.13 bits per heavy atom. The number of carbonyl (C=O) groups is 2. The lowest BCUT2D eigenvalue weighted by Crippen LogP contribution is -2.53. The highest BCUT2D eigenvalue weighted by Crippen LogP contribution is 2.24. The average molecular weight is 465 g/mol. The summed E-state index contributed by atoms with van der Waals surface area (Å²) in [6.07, 6.45) is 0. The minimum atomic E-state index is -0.722. The molecule has 168 valence electrons. The van der Waals surface area contributed by atoms with Crippen molar-refractivity contribution in [3.8, 4) is 5.75 Å². The second-order valence-corrected chi connectivity index (χ2v) is 9.50. The number of amides is 2. The fourth-order valence-electron chi connectivity index (χ4n) is 2.99. The van der Waals surface area contributed by atoms with Crippen LogP contribution in [0.25, 0.3) is 0 Å². The zero-order valence-electron chi connectivity index (χ0n) is 18.9. The lowest BCUT2D eigenvalue weighted by Gasteiger charge is -2.31. The quantitative estimate of drug-likeness (QED) is 0.602. The normalized spacial score (nSPS) is 12.3. The predicted octanol–water partition coefficient (Wildman–Crippen LogP) is 5.32. The van der Waals surface area contributed by atoms with Crippen LogP contribution in [0.2, 0.25) is 10.0 Å². The van der Waals surface area contributed by atoms with Crippen molar-refractivity contribution >= 4 is 35.0 Å². The van der Waals surface area contributed by atoms with Crippen LogP contribution in [-0.4, -0.2) is 34.9 Å². The van der Waals surface area contributed by atoms with E-state index in [0.29, 0.717) is 21.4 Å². The van der Waals surface area contributed by atoms with Gasteiger partial charge in [0.15, 0.2) is 6.61 Å². The van der Waals surface area contributed by atoms with Crippen LogP contribution in [0.3, 0.4) is 0 Å². The van der Waals surface area contributed by atoms with Gasteiger partial charge < -0.3 is 15.0 Å². The van der Waals surface area contributed by atoms with Crippen LogP contribution < -0.4 is 10.1 Å². The third-order valence-electron chi connectivity index (χ3n) is 4.93. The van der Waals surface area contributed by atoms with Gasteiger partial charge in [0.25, 0.3) is 5.91 Å². The molecule has 7 heteroatoms. The zero-order valence-corrected chi connectivity index (χ0v) is 20.4. The molecule has 0 aliphatic carbocycles. The molecule has 0 aliphatic heterocycles. The Balaban J connectivity index is 2.25. The van der Waals surface area contributed by atoms with Crippen molar-refractivity contribution in [1.29, 1.82) is 0 Å². The number of ether oxygens (including phenoxy) is 1. The number of benzene rings is 2. The lowest BCUT2D eigenvalue weighted by atomic mass is 10.1. The number of rotatable bonds is 7. The van der Waals surface area contributed by atoms with Gasteiger partial charge in [0.2, 0.25) is 5.91 Å². The first-order valence-corrected chi connectivity index (χ1v) is 10.9. The van der Waals surface area contributed by atoms with Crippen molar-refractivity contribution in [3.63, 3.8) is 0 Å². The van der Waals surface area contributed by atoms with Crippen LogP contribution >= 0.6 is 23.2 Å². The SMILES string of the molecule is Cc1cccc(OCC(=O)N(Cc2ccc(Cl)cc2Cl)C(C)C(=O)NC(C)(C)C)c1C. The topological polar surface area (TPSA) is 58.6 Å². The first-order valence-electron chi connectivity index (χ1n) is 10.1. The van der Waals surface area contributed by atoms with Crippen LogP contribution in [0.5, 0.6) is 5.75 Å². The summed E-state index contributed by atoms with van der Waals surface area (Å²) in [6, 6.07) is 10.0. The first kappa shape index (κ1) is 25.0. The average Bonchev–Trinajstić information content (AvgIpc) is 2.66. The largest absolute Gasteiger partial charge is 0.483 e. The number of hydrogen-bond donors (Lipinski definition) is 1. The Morgan fingerprint density at radius 3 is 2.42 bits per heavy atom. The maximum atomic E-state index is 13.2. The van der Waals surface area contributed by atoms with E-state index in [2.05, 4.69) is 5.32 Å². The molecule has 2 aromatic carbocycles. The van der Waals surface area contributed by atoms with Crippen LogP contribution in [0.15, 0.2) is 36.4 Å². The molecule has 0 heterocycles. The molecule has 0 saturated carbocycles. The Bertz CT molecular complexity index is 954. The van der Waals surface area contributed by atoms with Crippen LogP contribution in [0, 0.1) is 13.8 Å². The van der Waals surface area contributed by atoms with Crippen molar-refractivity contribution < 1.29 is 14.3 Å². The van der Waals surface area contributed by atoms with E-state index in [9.17, 15) is 9.59 Å². The summed E-state index contributed by atoms with van der Waals surface area (Å²) in [5.41, 5.74) is 2.32. The van der Waals surface area contributed by atoms with E-state index < -0.39 is 11.6 Å². The molecule has 1 unspecified atom stereocenters. The first-order chi connectivity index (χ1) is 14.4.